The maximum atomic E-state index is 9.79. The van der Waals surface area contributed by atoms with E-state index in [1.807, 2.05) is 36.4 Å². The molecule has 0 saturated carbocycles. The molecule has 32 heavy (non-hydrogen) atoms. The number of ether oxygens (including phenoxy) is 1. The summed E-state index contributed by atoms with van der Waals surface area (Å²) in [7, 11) is 1.65. The third-order valence-electron chi connectivity index (χ3n) is 6.04. The van der Waals surface area contributed by atoms with Crippen molar-refractivity contribution in [3.8, 4) is 11.8 Å². The smallest absolute Gasteiger partial charge is 0.173 e. The van der Waals surface area contributed by atoms with Gasteiger partial charge < -0.3 is 19.9 Å². The van der Waals surface area contributed by atoms with Gasteiger partial charge in [0.1, 0.15) is 17.6 Å². The van der Waals surface area contributed by atoms with Crippen LogP contribution >= 0.6 is 12.2 Å². The number of nitrogens with one attached hydrogen (secondary N) is 1. The van der Waals surface area contributed by atoms with Crippen molar-refractivity contribution in [3.05, 3.63) is 59.2 Å². The molecule has 164 valence electrons. The topological polar surface area (TPSA) is 64.4 Å². The molecule has 2 heterocycles. The molecule has 0 radical (unpaired) electrons. The molecule has 0 unspecified atom stereocenters. The zero-order valence-electron chi connectivity index (χ0n) is 18.7. The number of pyridine rings is 1. The van der Waals surface area contributed by atoms with Gasteiger partial charge in [-0.3, -0.25) is 0 Å². The number of aromatic nitrogens is 1. The lowest BCUT2D eigenvalue weighted by Crippen LogP contribution is -2.38. The largest absolute Gasteiger partial charge is 0.495 e. The molecule has 2 aromatic carbocycles. The Labute approximate surface area is 194 Å². The van der Waals surface area contributed by atoms with Gasteiger partial charge in [0.15, 0.2) is 5.11 Å². The predicted octanol–water partition coefficient (Wildman–Crippen LogP) is 4.64. The van der Waals surface area contributed by atoms with Crippen molar-refractivity contribution in [3.63, 3.8) is 0 Å². The summed E-state index contributed by atoms with van der Waals surface area (Å²) in [5.74, 6) is 1.52. The first-order valence-electron chi connectivity index (χ1n) is 10.8. The van der Waals surface area contributed by atoms with Crippen LogP contribution in [-0.4, -0.2) is 48.3 Å². The molecule has 1 N–H and O–H groups in total. The number of benzene rings is 2. The Kier molecular flexibility index (Phi) is 6.42. The van der Waals surface area contributed by atoms with Gasteiger partial charge in [0.25, 0.3) is 0 Å². The number of nitriles is 1. The van der Waals surface area contributed by atoms with Crippen molar-refractivity contribution in [1.29, 1.82) is 5.26 Å². The minimum Gasteiger partial charge on any atom is -0.495 e. The Morgan fingerprint density at radius 3 is 2.72 bits per heavy atom. The fraction of sp³-hybridized carbons (Fsp3) is 0.320. The van der Waals surface area contributed by atoms with Gasteiger partial charge in [-0.15, -0.1) is 0 Å². The maximum absolute atomic E-state index is 9.79. The van der Waals surface area contributed by atoms with Crippen LogP contribution < -0.4 is 15.0 Å². The lowest BCUT2D eigenvalue weighted by Gasteiger charge is -2.26. The van der Waals surface area contributed by atoms with Crippen molar-refractivity contribution >= 4 is 39.7 Å². The summed E-state index contributed by atoms with van der Waals surface area (Å²) in [5.41, 5.74) is 4.80. The lowest BCUT2D eigenvalue weighted by atomic mass is 10.0. The van der Waals surface area contributed by atoms with Crippen LogP contribution in [-0.2, 0) is 0 Å². The van der Waals surface area contributed by atoms with E-state index in [-0.39, 0.29) is 0 Å². The van der Waals surface area contributed by atoms with Crippen LogP contribution in [0.4, 0.5) is 11.5 Å². The molecule has 1 aliphatic heterocycles. The number of para-hydroxylation sites is 2. The molecule has 3 aromatic rings. The number of rotatable bonds is 3. The normalized spacial score (nSPS) is 14.1. The number of aryl methyl sites for hydroxylation is 2. The van der Waals surface area contributed by atoms with E-state index in [9.17, 15) is 5.26 Å². The summed E-state index contributed by atoms with van der Waals surface area (Å²) in [6, 6.07) is 16.2. The van der Waals surface area contributed by atoms with Crippen LogP contribution in [0.1, 0.15) is 23.1 Å². The van der Waals surface area contributed by atoms with Crippen LogP contribution in [0.3, 0.4) is 0 Å². The van der Waals surface area contributed by atoms with E-state index in [0.717, 1.165) is 66.3 Å². The third-order valence-corrected chi connectivity index (χ3v) is 6.40. The Bertz CT molecular complexity index is 1200. The standard InChI is InChI=1S/C25H27N5OS/c1-17-9-10-19-15-20(16-26)24(28-23(19)18(17)2)29-11-6-12-30(14-13-29)25(32)27-21-7-4-5-8-22(21)31-3/h4-5,7-10,15H,6,11-14H2,1-3H3,(H,27,32). The molecular weight excluding hydrogens is 418 g/mol. The Hall–Kier alpha value is -3.37. The van der Waals surface area contributed by atoms with Crippen LogP contribution in [0.5, 0.6) is 5.75 Å². The molecular formula is C25H27N5OS. The molecule has 0 atom stereocenters. The van der Waals surface area contributed by atoms with E-state index in [1.54, 1.807) is 7.11 Å². The number of anilines is 2. The van der Waals surface area contributed by atoms with Crippen molar-refractivity contribution < 1.29 is 4.74 Å². The maximum Gasteiger partial charge on any atom is 0.173 e. The highest BCUT2D eigenvalue weighted by molar-refractivity contribution is 7.80. The second kappa shape index (κ2) is 9.41. The van der Waals surface area contributed by atoms with E-state index in [4.69, 9.17) is 21.9 Å². The quantitative estimate of drug-likeness (QED) is 0.589. The Morgan fingerprint density at radius 2 is 1.94 bits per heavy atom. The average molecular weight is 446 g/mol. The van der Waals surface area contributed by atoms with Crippen LogP contribution in [0.15, 0.2) is 42.5 Å². The van der Waals surface area contributed by atoms with E-state index < -0.39 is 0 Å². The first-order chi connectivity index (χ1) is 15.5. The van der Waals surface area contributed by atoms with Crippen LogP contribution in [0, 0.1) is 25.2 Å². The van der Waals surface area contributed by atoms with Crippen LogP contribution in [0.25, 0.3) is 10.9 Å². The number of nitrogens with zero attached hydrogens (tertiary/aromatic N) is 4. The Morgan fingerprint density at radius 1 is 1.12 bits per heavy atom. The zero-order chi connectivity index (χ0) is 22.7. The Balaban J connectivity index is 1.54. The van der Waals surface area contributed by atoms with Gasteiger partial charge >= 0.3 is 0 Å². The molecule has 0 spiro atoms. The highest BCUT2D eigenvalue weighted by Gasteiger charge is 2.21. The van der Waals surface area contributed by atoms with E-state index >= 15 is 0 Å². The zero-order valence-corrected chi connectivity index (χ0v) is 19.5. The fourth-order valence-electron chi connectivity index (χ4n) is 4.07. The van der Waals surface area contributed by atoms with Gasteiger partial charge in [-0.2, -0.15) is 5.26 Å². The van der Waals surface area contributed by atoms with E-state index in [1.165, 1.54) is 5.56 Å². The first-order valence-corrected chi connectivity index (χ1v) is 11.2. The highest BCUT2D eigenvalue weighted by atomic mass is 32.1. The molecule has 1 aliphatic rings. The minimum absolute atomic E-state index is 0.615. The second-order valence-corrected chi connectivity index (χ2v) is 8.40. The summed E-state index contributed by atoms with van der Waals surface area (Å²) in [5, 5.41) is 14.8. The van der Waals surface area contributed by atoms with Gasteiger partial charge in [0, 0.05) is 31.6 Å². The van der Waals surface area contributed by atoms with Gasteiger partial charge in [0.05, 0.1) is 23.9 Å². The number of fused-ring (bicyclic) bond motifs is 1. The molecule has 1 fully saturated rings. The van der Waals surface area contributed by atoms with Gasteiger partial charge in [-0.05, 0) is 61.8 Å². The molecule has 1 aromatic heterocycles. The molecule has 0 amide bonds. The monoisotopic (exact) mass is 445 g/mol. The fourth-order valence-corrected chi connectivity index (χ4v) is 4.36. The summed E-state index contributed by atoms with van der Waals surface area (Å²) in [6.45, 7) is 7.33. The SMILES string of the molecule is COc1ccccc1NC(=S)N1CCCN(c2nc3c(C)c(C)ccc3cc2C#N)CC1. The molecule has 7 heteroatoms. The van der Waals surface area contributed by atoms with Crippen molar-refractivity contribution in [2.75, 3.05) is 43.5 Å². The summed E-state index contributed by atoms with van der Waals surface area (Å²) in [6.07, 6.45) is 0.922. The number of hydrogen-bond donors (Lipinski definition) is 1. The summed E-state index contributed by atoms with van der Waals surface area (Å²) < 4.78 is 5.42. The van der Waals surface area contributed by atoms with Crippen molar-refractivity contribution in [2.24, 2.45) is 0 Å². The van der Waals surface area contributed by atoms with E-state index in [0.29, 0.717) is 10.7 Å². The molecule has 0 bridgehead atoms. The van der Waals surface area contributed by atoms with E-state index in [2.05, 4.69) is 41.1 Å². The second-order valence-electron chi connectivity index (χ2n) is 8.01. The van der Waals surface area contributed by atoms with Gasteiger partial charge in [-0.25, -0.2) is 4.98 Å². The predicted molar refractivity (Wildman–Crippen MR) is 134 cm³/mol. The number of hydrogen-bond acceptors (Lipinski definition) is 5. The van der Waals surface area contributed by atoms with Crippen LogP contribution in [0.2, 0.25) is 0 Å². The van der Waals surface area contributed by atoms with Crippen molar-refractivity contribution in [2.45, 2.75) is 20.3 Å². The lowest BCUT2D eigenvalue weighted by molar-refractivity contribution is 0.416. The third kappa shape index (κ3) is 4.32. The van der Waals surface area contributed by atoms with Gasteiger partial charge in [-0.1, -0.05) is 24.3 Å². The molecule has 6 nitrogen and oxygen atoms in total. The molecule has 4 rings (SSSR count). The molecule has 0 aliphatic carbocycles. The average Bonchev–Trinajstić information content (AvgIpc) is 3.07. The van der Waals surface area contributed by atoms with Crippen molar-refractivity contribution in [1.82, 2.24) is 9.88 Å². The minimum atomic E-state index is 0.615. The molecule has 1 saturated heterocycles. The number of thiocarbonyl (C=S) groups is 1. The first kappa shape index (κ1) is 21.8. The highest BCUT2D eigenvalue weighted by Crippen LogP contribution is 2.28. The number of methoxy groups -OCH3 is 1. The summed E-state index contributed by atoms with van der Waals surface area (Å²) >= 11 is 5.70. The van der Waals surface area contributed by atoms with Gasteiger partial charge in [0.2, 0.25) is 0 Å². The summed E-state index contributed by atoms with van der Waals surface area (Å²) in [4.78, 5) is 9.34.